The lowest BCUT2D eigenvalue weighted by Gasteiger charge is -2.35. The average molecular weight is 266 g/mol. The van der Waals surface area contributed by atoms with E-state index in [-0.39, 0.29) is 11.5 Å². The fourth-order valence-corrected chi connectivity index (χ4v) is 2.00. The summed E-state index contributed by atoms with van der Waals surface area (Å²) in [5, 5.41) is 11.4. The highest BCUT2D eigenvalue weighted by Gasteiger charge is 2.32. The lowest BCUT2D eigenvalue weighted by molar-refractivity contribution is 0.166. The Bertz CT molecular complexity index is 423. The Morgan fingerprint density at radius 3 is 2.21 bits per heavy atom. The maximum absolute atomic E-state index is 10.9. The molecule has 5 nitrogen and oxygen atoms in total. The average Bonchev–Trinajstić information content (AvgIpc) is 2.34. The van der Waals surface area contributed by atoms with Crippen LogP contribution >= 0.6 is 0 Å². The van der Waals surface area contributed by atoms with Gasteiger partial charge in [0.2, 0.25) is 0 Å². The van der Waals surface area contributed by atoms with Crippen molar-refractivity contribution in [3.05, 3.63) is 29.8 Å². The predicted octanol–water partition coefficient (Wildman–Crippen LogP) is 2.38. The number of nitrogens with one attached hydrogen (secondary N) is 1. The van der Waals surface area contributed by atoms with Crippen LogP contribution in [0.25, 0.3) is 0 Å². The van der Waals surface area contributed by atoms with Gasteiger partial charge >= 0.3 is 6.09 Å². The molecule has 0 fully saturated rings. The third kappa shape index (κ3) is 4.13. The van der Waals surface area contributed by atoms with Crippen LogP contribution < -0.4 is 15.8 Å². The van der Waals surface area contributed by atoms with Crippen molar-refractivity contribution >= 4 is 6.09 Å². The van der Waals surface area contributed by atoms with Gasteiger partial charge in [-0.3, -0.25) is 0 Å². The first-order valence-electron chi connectivity index (χ1n) is 6.14. The summed E-state index contributed by atoms with van der Waals surface area (Å²) in [6.07, 6.45) is -1.07. The first-order chi connectivity index (χ1) is 8.75. The number of hydrogen-bond acceptors (Lipinski definition) is 3. The minimum atomic E-state index is -1.07. The molecule has 2 atom stereocenters. The smallest absolute Gasteiger partial charge is 0.404 e. The topological polar surface area (TPSA) is 84.6 Å². The molecule has 0 aliphatic carbocycles. The quantitative estimate of drug-likeness (QED) is 0.781. The van der Waals surface area contributed by atoms with Gasteiger partial charge in [0.05, 0.1) is 19.2 Å². The normalized spacial score (nSPS) is 14.6. The largest absolute Gasteiger partial charge is 0.497 e. The van der Waals surface area contributed by atoms with Gasteiger partial charge in [-0.1, -0.05) is 32.9 Å². The van der Waals surface area contributed by atoms with E-state index in [1.54, 1.807) is 7.11 Å². The Morgan fingerprint density at radius 1 is 1.32 bits per heavy atom. The Balaban J connectivity index is 2.97. The van der Waals surface area contributed by atoms with Crippen molar-refractivity contribution < 1.29 is 14.6 Å². The van der Waals surface area contributed by atoms with E-state index >= 15 is 0 Å². The van der Waals surface area contributed by atoms with E-state index in [0.29, 0.717) is 0 Å². The Hall–Kier alpha value is -1.75. The summed E-state index contributed by atoms with van der Waals surface area (Å²) < 4.78 is 5.09. The molecule has 0 spiro atoms. The minimum Gasteiger partial charge on any atom is -0.497 e. The summed E-state index contributed by atoms with van der Waals surface area (Å²) in [7, 11) is 1.60. The highest BCUT2D eigenvalue weighted by atomic mass is 16.5. The van der Waals surface area contributed by atoms with Crippen molar-refractivity contribution in [1.29, 1.82) is 0 Å². The van der Waals surface area contributed by atoms with Gasteiger partial charge in [-0.05, 0) is 23.1 Å². The van der Waals surface area contributed by atoms with E-state index in [0.717, 1.165) is 11.3 Å². The van der Waals surface area contributed by atoms with Gasteiger partial charge in [0, 0.05) is 0 Å². The number of rotatable bonds is 4. The highest BCUT2D eigenvalue weighted by molar-refractivity contribution is 5.65. The molecule has 0 saturated heterocycles. The first kappa shape index (κ1) is 15.3. The van der Waals surface area contributed by atoms with Crippen LogP contribution in [0.4, 0.5) is 4.79 Å². The van der Waals surface area contributed by atoms with Gasteiger partial charge in [-0.2, -0.15) is 0 Å². The molecule has 1 aromatic carbocycles. The molecule has 106 valence electrons. The Labute approximate surface area is 113 Å². The van der Waals surface area contributed by atoms with Crippen molar-refractivity contribution in [2.24, 2.45) is 11.1 Å². The van der Waals surface area contributed by atoms with Crippen LogP contribution in [-0.4, -0.2) is 24.4 Å². The van der Waals surface area contributed by atoms with Crippen molar-refractivity contribution in [2.45, 2.75) is 32.9 Å². The van der Waals surface area contributed by atoms with Gasteiger partial charge in [-0.25, -0.2) is 4.79 Å². The van der Waals surface area contributed by atoms with Gasteiger partial charge in [-0.15, -0.1) is 0 Å². The van der Waals surface area contributed by atoms with E-state index in [2.05, 4.69) is 5.32 Å². The molecule has 0 aliphatic rings. The van der Waals surface area contributed by atoms with E-state index < -0.39 is 12.1 Å². The summed E-state index contributed by atoms with van der Waals surface area (Å²) in [5.41, 5.74) is 6.79. The summed E-state index contributed by atoms with van der Waals surface area (Å²) in [5.74, 6) is 0.745. The molecule has 19 heavy (non-hydrogen) atoms. The van der Waals surface area contributed by atoms with Crippen molar-refractivity contribution in [1.82, 2.24) is 5.32 Å². The lowest BCUT2D eigenvalue weighted by Crippen LogP contribution is -2.49. The molecule has 1 amide bonds. The summed E-state index contributed by atoms with van der Waals surface area (Å²) in [4.78, 5) is 10.9. The van der Waals surface area contributed by atoms with E-state index in [1.165, 1.54) is 0 Å². The van der Waals surface area contributed by atoms with E-state index in [4.69, 9.17) is 15.6 Å². The van der Waals surface area contributed by atoms with Gasteiger partial charge < -0.3 is 20.9 Å². The lowest BCUT2D eigenvalue weighted by atomic mass is 9.80. The second kappa shape index (κ2) is 5.93. The molecule has 0 bridgehead atoms. The van der Waals surface area contributed by atoms with Crippen molar-refractivity contribution in [3.63, 3.8) is 0 Å². The van der Waals surface area contributed by atoms with Gasteiger partial charge in [0.25, 0.3) is 0 Å². The molecule has 0 aliphatic heterocycles. The first-order valence-corrected chi connectivity index (χ1v) is 6.14. The van der Waals surface area contributed by atoms with Gasteiger partial charge in [0.1, 0.15) is 5.75 Å². The summed E-state index contributed by atoms with van der Waals surface area (Å²) in [6.45, 7) is 5.87. The molecule has 0 saturated carbocycles. The van der Waals surface area contributed by atoms with Crippen molar-refractivity contribution in [2.75, 3.05) is 7.11 Å². The number of amides is 1. The molecular weight excluding hydrogens is 244 g/mol. The van der Waals surface area contributed by atoms with E-state index in [9.17, 15) is 4.79 Å². The molecule has 4 N–H and O–H groups in total. The standard InChI is InChI=1S/C14H22N2O3/c1-14(2,3)12(16-13(17)18)11(15)9-5-7-10(19-4)8-6-9/h5-8,11-12,16H,15H2,1-4H3,(H,17,18). The Kier molecular flexibility index (Phi) is 4.78. The third-order valence-corrected chi connectivity index (χ3v) is 3.07. The van der Waals surface area contributed by atoms with Crippen LogP contribution in [-0.2, 0) is 0 Å². The number of carbonyl (C=O) groups is 1. The maximum Gasteiger partial charge on any atom is 0.404 e. The fourth-order valence-electron chi connectivity index (χ4n) is 2.00. The molecule has 0 radical (unpaired) electrons. The molecule has 5 heteroatoms. The van der Waals surface area contributed by atoms with Crippen LogP contribution in [0.2, 0.25) is 0 Å². The summed E-state index contributed by atoms with van der Waals surface area (Å²) in [6, 6.07) is 6.54. The summed E-state index contributed by atoms with van der Waals surface area (Å²) >= 11 is 0. The molecule has 1 rings (SSSR count). The van der Waals surface area contributed by atoms with E-state index in [1.807, 2.05) is 45.0 Å². The van der Waals surface area contributed by atoms with Crippen LogP contribution in [0.3, 0.4) is 0 Å². The number of hydrogen-bond donors (Lipinski definition) is 3. The molecule has 0 aromatic heterocycles. The fraction of sp³-hybridized carbons (Fsp3) is 0.500. The van der Waals surface area contributed by atoms with Crippen LogP contribution in [0.5, 0.6) is 5.75 Å². The molecule has 2 unspecified atom stereocenters. The number of ether oxygens (including phenoxy) is 1. The van der Waals surface area contributed by atoms with Gasteiger partial charge in [0.15, 0.2) is 0 Å². The third-order valence-electron chi connectivity index (χ3n) is 3.07. The second-order valence-corrected chi connectivity index (χ2v) is 5.59. The predicted molar refractivity (Wildman–Crippen MR) is 74.3 cm³/mol. The number of methoxy groups -OCH3 is 1. The zero-order valence-corrected chi connectivity index (χ0v) is 11.8. The minimum absolute atomic E-state index is 0.280. The number of benzene rings is 1. The van der Waals surface area contributed by atoms with Crippen LogP contribution in [0.15, 0.2) is 24.3 Å². The molecular formula is C14H22N2O3. The number of carboxylic acid groups (broad SMARTS) is 1. The Morgan fingerprint density at radius 2 is 1.84 bits per heavy atom. The second-order valence-electron chi connectivity index (χ2n) is 5.59. The zero-order chi connectivity index (χ0) is 14.6. The maximum atomic E-state index is 10.9. The molecule has 0 heterocycles. The molecule has 1 aromatic rings. The highest BCUT2D eigenvalue weighted by Crippen LogP contribution is 2.29. The monoisotopic (exact) mass is 266 g/mol. The van der Waals surface area contributed by atoms with Crippen LogP contribution in [0.1, 0.15) is 32.4 Å². The SMILES string of the molecule is COc1ccc(C(N)C(NC(=O)O)C(C)(C)C)cc1. The van der Waals surface area contributed by atoms with Crippen LogP contribution in [0, 0.1) is 5.41 Å². The number of nitrogens with two attached hydrogens (primary N) is 1. The van der Waals surface area contributed by atoms with Crippen molar-refractivity contribution in [3.8, 4) is 5.75 Å². The zero-order valence-electron chi connectivity index (χ0n) is 11.8.